The minimum Gasteiger partial charge on any atom is -0.292 e. The van der Waals surface area contributed by atoms with Crippen molar-refractivity contribution in [2.75, 3.05) is 0 Å². The monoisotopic (exact) mass is 258 g/mol. The molecule has 0 aliphatic heterocycles. The lowest BCUT2D eigenvalue weighted by Gasteiger charge is -2.11. The van der Waals surface area contributed by atoms with E-state index in [0.717, 1.165) is 16.7 Å². The first-order chi connectivity index (χ1) is 8.59. The van der Waals surface area contributed by atoms with Crippen LogP contribution in [0.5, 0.6) is 0 Å². The standard InChI is InChI=1S/C16H15ClO/c1-11-8-9-12(2)14(10-11)16(18)15(17)13-6-4-3-5-7-13/h3-10,15H,1-2H3. The molecule has 0 spiro atoms. The lowest BCUT2D eigenvalue weighted by atomic mass is 9.97. The predicted molar refractivity (Wildman–Crippen MR) is 75.3 cm³/mol. The summed E-state index contributed by atoms with van der Waals surface area (Å²) in [6.07, 6.45) is 0. The Bertz CT molecular complexity index is 561. The zero-order chi connectivity index (χ0) is 13.1. The Labute approximate surface area is 112 Å². The third-order valence-corrected chi connectivity index (χ3v) is 3.43. The Morgan fingerprint density at radius 3 is 2.39 bits per heavy atom. The molecule has 18 heavy (non-hydrogen) atoms. The van der Waals surface area contributed by atoms with Crippen LogP contribution in [-0.2, 0) is 0 Å². The summed E-state index contributed by atoms with van der Waals surface area (Å²) in [6.45, 7) is 3.91. The van der Waals surface area contributed by atoms with E-state index in [4.69, 9.17) is 11.6 Å². The van der Waals surface area contributed by atoms with Crippen molar-refractivity contribution in [3.05, 3.63) is 70.8 Å². The highest BCUT2D eigenvalue weighted by molar-refractivity contribution is 6.34. The van der Waals surface area contributed by atoms with E-state index in [1.54, 1.807) is 0 Å². The minimum atomic E-state index is -0.619. The van der Waals surface area contributed by atoms with Crippen LogP contribution in [0.4, 0.5) is 0 Å². The van der Waals surface area contributed by atoms with Crippen molar-refractivity contribution in [1.82, 2.24) is 0 Å². The molecular weight excluding hydrogens is 244 g/mol. The molecule has 0 N–H and O–H groups in total. The van der Waals surface area contributed by atoms with Gasteiger partial charge in [0.1, 0.15) is 5.38 Å². The fourth-order valence-electron chi connectivity index (χ4n) is 1.91. The number of aryl methyl sites for hydroxylation is 2. The van der Waals surface area contributed by atoms with Gasteiger partial charge in [0.05, 0.1) is 0 Å². The average molecular weight is 259 g/mol. The van der Waals surface area contributed by atoms with Gasteiger partial charge < -0.3 is 0 Å². The molecule has 2 aromatic rings. The molecule has 0 bridgehead atoms. The average Bonchev–Trinajstić information content (AvgIpc) is 2.41. The molecule has 0 heterocycles. The number of carbonyl (C=O) groups excluding carboxylic acids is 1. The second-order valence-electron chi connectivity index (χ2n) is 4.46. The predicted octanol–water partition coefficient (Wildman–Crippen LogP) is 4.47. The fraction of sp³-hybridized carbons (Fsp3) is 0.188. The Kier molecular flexibility index (Phi) is 3.83. The van der Waals surface area contributed by atoms with Gasteiger partial charge in [-0.2, -0.15) is 0 Å². The first-order valence-electron chi connectivity index (χ1n) is 5.90. The number of rotatable bonds is 3. The summed E-state index contributed by atoms with van der Waals surface area (Å²) in [6, 6.07) is 15.3. The number of benzene rings is 2. The van der Waals surface area contributed by atoms with E-state index < -0.39 is 5.38 Å². The molecular formula is C16H15ClO. The zero-order valence-corrected chi connectivity index (χ0v) is 11.2. The van der Waals surface area contributed by atoms with Crippen LogP contribution in [0, 0.1) is 13.8 Å². The van der Waals surface area contributed by atoms with Gasteiger partial charge in [0.2, 0.25) is 0 Å². The number of hydrogen-bond acceptors (Lipinski definition) is 1. The SMILES string of the molecule is Cc1ccc(C)c(C(=O)C(Cl)c2ccccc2)c1. The molecule has 2 heteroatoms. The molecule has 2 rings (SSSR count). The Hall–Kier alpha value is -1.60. The largest absolute Gasteiger partial charge is 0.292 e. The second-order valence-corrected chi connectivity index (χ2v) is 4.89. The highest BCUT2D eigenvalue weighted by Crippen LogP contribution is 2.26. The van der Waals surface area contributed by atoms with Crippen LogP contribution >= 0.6 is 11.6 Å². The van der Waals surface area contributed by atoms with Gasteiger partial charge in [-0.3, -0.25) is 4.79 Å². The summed E-state index contributed by atoms with van der Waals surface area (Å²) in [7, 11) is 0. The molecule has 0 aromatic heterocycles. The molecule has 1 nitrogen and oxygen atoms in total. The van der Waals surface area contributed by atoms with E-state index in [-0.39, 0.29) is 5.78 Å². The lowest BCUT2D eigenvalue weighted by molar-refractivity contribution is 0.0986. The van der Waals surface area contributed by atoms with E-state index in [1.165, 1.54) is 0 Å². The fourth-order valence-corrected chi connectivity index (χ4v) is 2.17. The molecule has 2 aromatic carbocycles. The van der Waals surface area contributed by atoms with Gasteiger partial charge in [-0.15, -0.1) is 11.6 Å². The number of halogens is 1. The minimum absolute atomic E-state index is 0.0379. The molecule has 0 aliphatic rings. The third-order valence-electron chi connectivity index (χ3n) is 2.98. The summed E-state index contributed by atoms with van der Waals surface area (Å²) in [5.74, 6) is -0.0379. The number of ketones is 1. The van der Waals surface area contributed by atoms with Crippen molar-refractivity contribution < 1.29 is 4.79 Å². The molecule has 92 valence electrons. The molecule has 1 unspecified atom stereocenters. The van der Waals surface area contributed by atoms with Gasteiger partial charge in [0.25, 0.3) is 0 Å². The van der Waals surface area contributed by atoms with Gasteiger partial charge >= 0.3 is 0 Å². The number of carbonyl (C=O) groups is 1. The topological polar surface area (TPSA) is 17.1 Å². The summed E-state index contributed by atoms with van der Waals surface area (Å²) in [4.78, 5) is 12.4. The summed E-state index contributed by atoms with van der Waals surface area (Å²) in [5.41, 5.74) is 3.58. The first kappa shape index (κ1) is 12.8. The summed E-state index contributed by atoms with van der Waals surface area (Å²) < 4.78 is 0. The van der Waals surface area contributed by atoms with Gasteiger partial charge in [-0.05, 0) is 31.0 Å². The van der Waals surface area contributed by atoms with Crippen molar-refractivity contribution in [3.63, 3.8) is 0 Å². The number of hydrogen-bond donors (Lipinski definition) is 0. The molecule has 0 fully saturated rings. The number of alkyl halides is 1. The molecule has 1 atom stereocenters. The smallest absolute Gasteiger partial charge is 0.185 e. The van der Waals surface area contributed by atoms with E-state index >= 15 is 0 Å². The zero-order valence-electron chi connectivity index (χ0n) is 10.5. The van der Waals surface area contributed by atoms with E-state index in [1.807, 2.05) is 62.4 Å². The first-order valence-corrected chi connectivity index (χ1v) is 6.33. The molecule has 0 radical (unpaired) electrons. The van der Waals surface area contributed by atoms with Crippen molar-refractivity contribution in [3.8, 4) is 0 Å². The third kappa shape index (κ3) is 2.62. The van der Waals surface area contributed by atoms with Crippen LogP contribution in [0.2, 0.25) is 0 Å². The van der Waals surface area contributed by atoms with Crippen LogP contribution in [0.15, 0.2) is 48.5 Å². The van der Waals surface area contributed by atoms with Gasteiger partial charge in [-0.1, -0.05) is 48.0 Å². The van der Waals surface area contributed by atoms with Gasteiger partial charge in [-0.25, -0.2) is 0 Å². The van der Waals surface area contributed by atoms with Crippen LogP contribution < -0.4 is 0 Å². The van der Waals surface area contributed by atoms with Crippen LogP contribution in [0.1, 0.15) is 32.4 Å². The number of Topliss-reactive ketones (excluding diaryl/α,β-unsaturated/α-hetero) is 1. The quantitative estimate of drug-likeness (QED) is 0.587. The van der Waals surface area contributed by atoms with Crippen molar-refractivity contribution in [1.29, 1.82) is 0 Å². The Morgan fingerprint density at radius 2 is 1.72 bits per heavy atom. The maximum absolute atomic E-state index is 12.4. The molecule has 0 saturated heterocycles. The molecule has 0 saturated carbocycles. The highest BCUT2D eigenvalue weighted by atomic mass is 35.5. The molecule has 0 aliphatic carbocycles. The van der Waals surface area contributed by atoms with Gasteiger partial charge in [0.15, 0.2) is 5.78 Å². The highest BCUT2D eigenvalue weighted by Gasteiger charge is 2.20. The Morgan fingerprint density at radius 1 is 1.06 bits per heavy atom. The van der Waals surface area contributed by atoms with Crippen molar-refractivity contribution in [2.45, 2.75) is 19.2 Å². The second kappa shape index (κ2) is 5.36. The lowest BCUT2D eigenvalue weighted by Crippen LogP contribution is -2.09. The summed E-state index contributed by atoms with van der Waals surface area (Å²) in [5, 5.41) is -0.619. The maximum atomic E-state index is 12.4. The van der Waals surface area contributed by atoms with E-state index in [0.29, 0.717) is 5.56 Å². The van der Waals surface area contributed by atoms with Crippen molar-refractivity contribution in [2.24, 2.45) is 0 Å². The molecule has 0 amide bonds. The van der Waals surface area contributed by atoms with E-state index in [9.17, 15) is 4.79 Å². The van der Waals surface area contributed by atoms with Crippen molar-refractivity contribution >= 4 is 17.4 Å². The van der Waals surface area contributed by atoms with Gasteiger partial charge in [0, 0.05) is 5.56 Å². The van der Waals surface area contributed by atoms with Crippen LogP contribution in [-0.4, -0.2) is 5.78 Å². The summed E-state index contributed by atoms with van der Waals surface area (Å²) >= 11 is 6.27. The maximum Gasteiger partial charge on any atom is 0.185 e. The van der Waals surface area contributed by atoms with Crippen LogP contribution in [0.25, 0.3) is 0 Å². The van der Waals surface area contributed by atoms with E-state index in [2.05, 4.69) is 0 Å². The van der Waals surface area contributed by atoms with Crippen LogP contribution in [0.3, 0.4) is 0 Å². The normalized spacial score (nSPS) is 12.2. The Balaban J connectivity index is 2.34.